The second-order valence-electron chi connectivity index (χ2n) is 6.38. The highest BCUT2D eigenvalue weighted by Gasteiger charge is 2.36. The molecular weight excluding hydrogens is 260 g/mol. The molecule has 1 aromatic carbocycles. The van der Waals surface area contributed by atoms with Crippen molar-refractivity contribution in [3.63, 3.8) is 0 Å². The van der Waals surface area contributed by atoms with Gasteiger partial charge in [0.2, 0.25) is 5.91 Å². The van der Waals surface area contributed by atoms with Crippen molar-refractivity contribution >= 4 is 17.3 Å². The number of benzene rings is 1. The maximum atomic E-state index is 12.5. The third-order valence-electron chi connectivity index (χ3n) is 4.49. The second kappa shape index (κ2) is 5.06. The third kappa shape index (κ3) is 2.27. The van der Waals surface area contributed by atoms with E-state index in [1.165, 1.54) is 5.56 Å². The zero-order valence-corrected chi connectivity index (χ0v) is 12.8. The molecule has 0 saturated heterocycles. The van der Waals surface area contributed by atoms with Gasteiger partial charge in [-0.15, -0.1) is 6.58 Å². The van der Waals surface area contributed by atoms with Crippen molar-refractivity contribution in [3.8, 4) is 0 Å². The number of nitrogens with zero attached hydrogens (tertiary/aromatic N) is 2. The van der Waals surface area contributed by atoms with E-state index in [0.717, 1.165) is 30.9 Å². The fourth-order valence-electron chi connectivity index (χ4n) is 3.25. The first-order valence-electron chi connectivity index (χ1n) is 7.52. The van der Waals surface area contributed by atoms with E-state index in [0.29, 0.717) is 6.42 Å². The maximum Gasteiger partial charge on any atom is 0.230 e. The molecule has 3 heteroatoms. The molecule has 2 aliphatic rings. The van der Waals surface area contributed by atoms with Crippen LogP contribution >= 0.6 is 0 Å². The van der Waals surface area contributed by atoms with Gasteiger partial charge in [0.15, 0.2) is 0 Å². The lowest BCUT2D eigenvalue weighted by molar-refractivity contribution is -0.118. The molecule has 0 atom stereocenters. The molecule has 1 amide bonds. The van der Waals surface area contributed by atoms with E-state index in [2.05, 4.69) is 43.5 Å². The topological polar surface area (TPSA) is 23.6 Å². The quantitative estimate of drug-likeness (QED) is 0.774. The number of hydrogen-bond acceptors (Lipinski definition) is 2. The van der Waals surface area contributed by atoms with E-state index < -0.39 is 0 Å². The molecule has 0 spiro atoms. The van der Waals surface area contributed by atoms with Crippen LogP contribution in [0.2, 0.25) is 0 Å². The van der Waals surface area contributed by atoms with Gasteiger partial charge < -0.3 is 9.80 Å². The average molecular weight is 282 g/mol. The van der Waals surface area contributed by atoms with Crippen molar-refractivity contribution in [3.05, 3.63) is 48.7 Å². The van der Waals surface area contributed by atoms with Crippen molar-refractivity contribution in [2.75, 3.05) is 22.9 Å². The lowest BCUT2D eigenvalue weighted by Gasteiger charge is -2.42. The molecule has 2 aliphatic heterocycles. The molecule has 21 heavy (non-hydrogen) atoms. The first kappa shape index (κ1) is 13.9. The number of amides is 1. The highest BCUT2D eigenvalue weighted by Crippen LogP contribution is 2.45. The molecule has 0 unspecified atom stereocenters. The van der Waals surface area contributed by atoms with Gasteiger partial charge in [0, 0.05) is 25.7 Å². The summed E-state index contributed by atoms with van der Waals surface area (Å²) in [5.41, 5.74) is 3.56. The third-order valence-corrected chi connectivity index (χ3v) is 4.49. The molecule has 2 heterocycles. The van der Waals surface area contributed by atoms with Gasteiger partial charge in [-0.1, -0.05) is 38.1 Å². The predicted octanol–water partition coefficient (Wildman–Crippen LogP) is 3.61. The predicted molar refractivity (Wildman–Crippen MR) is 87.7 cm³/mol. The van der Waals surface area contributed by atoms with Crippen LogP contribution in [0, 0.1) is 0 Å². The largest absolute Gasteiger partial charge is 0.343 e. The van der Waals surface area contributed by atoms with E-state index in [-0.39, 0.29) is 11.3 Å². The summed E-state index contributed by atoms with van der Waals surface area (Å²) in [7, 11) is 0. The summed E-state index contributed by atoms with van der Waals surface area (Å²) in [6.45, 7) is 9.91. The number of carbonyl (C=O) groups is 1. The second-order valence-corrected chi connectivity index (χ2v) is 6.38. The van der Waals surface area contributed by atoms with Gasteiger partial charge in [0.25, 0.3) is 0 Å². The molecule has 0 saturated carbocycles. The maximum absolute atomic E-state index is 12.5. The van der Waals surface area contributed by atoms with E-state index in [9.17, 15) is 4.79 Å². The Labute approximate surface area is 126 Å². The minimum absolute atomic E-state index is 0.102. The van der Waals surface area contributed by atoms with Crippen molar-refractivity contribution in [2.24, 2.45) is 0 Å². The Bertz CT molecular complexity index is 616. The molecule has 0 aromatic heterocycles. The van der Waals surface area contributed by atoms with Gasteiger partial charge in [-0.2, -0.15) is 0 Å². The molecule has 0 bridgehead atoms. The van der Waals surface area contributed by atoms with E-state index in [1.54, 1.807) is 0 Å². The van der Waals surface area contributed by atoms with Crippen LogP contribution in [0.5, 0.6) is 0 Å². The van der Waals surface area contributed by atoms with Crippen LogP contribution in [0.25, 0.3) is 0 Å². The average Bonchev–Trinajstić information content (AvgIpc) is 2.44. The Morgan fingerprint density at radius 1 is 1.38 bits per heavy atom. The van der Waals surface area contributed by atoms with Gasteiger partial charge in [0.1, 0.15) is 0 Å². The standard InChI is InChI=1S/C18H22N2O/c1-4-11-19-12-6-9-16(21)20-13-10-18(2,3)14-7-5-8-15(19)17(14)20/h4-8,12H,1,9-11,13H2,2-3H3. The van der Waals surface area contributed by atoms with Crippen LogP contribution in [0.3, 0.4) is 0 Å². The molecule has 1 aromatic rings. The summed E-state index contributed by atoms with van der Waals surface area (Å²) >= 11 is 0. The Morgan fingerprint density at radius 2 is 2.19 bits per heavy atom. The van der Waals surface area contributed by atoms with Crippen LogP contribution in [-0.2, 0) is 10.2 Å². The lowest BCUT2D eigenvalue weighted by Crippen LogP contribution is -2.42. The Kier molecular flexibility index (Phi) is 3.36. The number of anilines is 2. The number of carbonyl (C=O) groups excluding carboxylic acids is 1. The van der Waals surface area contributed by atoms with Gasteiger partial charge in [0.05, 0.1) is 11.4 Å². The first-order valence-corrected chi connectivity index (χ1v) is 7.52. The number of para-hydroxylation sites is 1. The van der Waals surface area contributed by atoms with Gasteiger partial charge >= 0.3 is 0 Å². The minimum Gasteiger partial charge on any atom is -0.343 e. The van der Waals surface area contributed by atoms with Crippen LogP contribution < -0.4 is 9.80 Å². The monoisotopic (exact) mass is 282 g/mol. The fraction of sp³-hybridized carbons (Fsp3) is 0.389. The zero-order chi connectivity index (χ0) is 15.0. The van der Waals surface area contributed by atoms with Crippen LogP contribution in [-0.4, -0.2) is 19.0 Å². The highest BCUT2D eigenvalue weighted by atomic mass is 16.2. The molecule has 110 valence electrons. The van der Waals surface area contributed by atoms with Crippen LogP contribution in [0.15, 0.2) is 43.1 Å². The van der Waals surface area contributed by atoms with Crippen molar-refractivity contribution < 1.29 is 4.79 Å². The van der Waals surface area contributed by atoms with Gasteiger partial charge in [-0.25, -0.2) is 0 Å². The minimum atomic E-state index is 0.102. The molecular formula is C18H22N2O. The molecule has 3 rings (SSSR count). The molecule has 0 radical (unpaired) electrons. The van der Waals surface area contributed by atoms with Crippen LogP contribution in [0.4, 0.5) is 11.4 Å². The van der Waals surface area contributed by atoms with Gasteiger partial charge in [-0.05, 0) is 23.5 Å². The normalized spacial score (nSPS) is 19.8. The Hall–Kier alpha value is -2.03. The molecule has 0 fully saturated rings. The fourth-order valence-corrected chi connectivity index (χ4v) is 3.25. The summed E-state index contributed by atoms with van der Waals surface area (Å²) in [6, 6.07) is 6.35. The highest BCUT2D eigenvalue weighted by molar-refractivity contribution is 6.00. The Morgan fingerprint density at radius 3 is 2.95 bits per heavy atom. The lowest BCUT2D eigenvalue weighted by atomic mass is 9.77. The van der Waals surface area contributed by atoms with E-state index >= 15 is 0 Å². The smallest absolute Gasteiger partial charge is 0.230 e. The Balaban J connectivity index is 2.23. The molecule has 0 aliphatic carbocycles. The van der Waals surface area contributed by atoms with Crippen molar-refractivity contribution in [2.45, 2.75) is 32.1 Å². The summed E-state index contributed by atoms with van der Waals surface area (Å²) in [5.74, 6) is 0.189. The summed E-state index contributed by atoms with van der Waals surface area (Å²) in [5, 5.41) is 0. The van der Waals surface area contributed by atoms with Gasteiger partial charge in [-0.3, -0.25) is 4.79 Å². The van der Waals surface area contributed by atoms with Crippen molar-refractivity contribution in [1.82, 2.24) is 0 Å². The summed E-state index contributed by atoms with van der Waals surface area (Å²) < 4.78 is 0. The van der Waals surface area contributed by atoms with Crippen molar-refractivity contribution in [1.29, 1.82) is 0 Å². The summed E-state index contributed by atoms with van der Waals surface area (Å²) in [4.78, 5) is 16.6. The number of hydrogen-bond donors (Lipinski definition) is 0. The van der Waals surface area contributed by atoms with Crippen LogP contribution in [0.1, 0.15) is 32.3 Å². The van der Waals surface area contributed by atoms with E-state index in [1.807, 2.05) is 23.3 Å². The summed E-state index contributed by atoms with van der Waals surface area (Å²) in [6.07, 6.45) is 7.31. The first-order chi connectivity index (χ1) is 10.0. The molecule has 0 N–H and O–H groups in total. The molecule has 3 nitrogen and oxygen atoms in total. The van der Waals surface area contributed by atoms with E-state index in [4.69, 9.17) is 0 Å². The SMILES string of the molecule is C=CCN1C=CCC(=O)N2CCC(C)(C)c3cccc1c32. The zero-order valence-electron chi connectivity index (χ0n) is 12.8. The number of rotatable bonds is 2.